The monoisotopic (exact) mass is 278 g/mol. The molecule has 0 saturated carbocycles. The summed E-state index contributed by atoms with van der Waals surface area (Å²) in [4.78, 5) is 2.40. The Labute approximate surface area is 105 Å². The van der Waals surface area contributed by atoms with E-state index in [1.165, 1.54) is 5.69 Å². The van der Waals surface area contributed by atoms with E-state index in [1.54, 1.807) is 0 Å². The first-order valence-corrected chi connectivity index (χ1v) is 6.46. The van der Waals surface area contributed by atoms with Gasteiger partial charge in [-0.2, -0.15) is 5.26 Å². The molecule has 1 aliphatic heterocycles. The molecule has 0 amide bonds. The van der Waals surface area contributed by atoms with Crippen molar-refractivity contribution >= 4 is 21.6 Å². The van der Waals surface area contributed by atoms with E-state index in [1.807, 2.05) is 6.07 Å². The Morgan fingerprint density at radius 2 is 2.12 bits per heavy atom. The molecule has 1 aromatic rings. The van der Waals surface area contributed by atoms with Crippen LogP contribution in [0.2, 0.25) is 0 Å². The fourth-order valence-electron chi connectivity index (χ4n) is 2.20. The highest BCUT2D eigenvalue weighted by molar-refractivity contribution is 9.10. The summed E-state index contributed by atoms with van der Waals surface area (Å²) >= 11 is 3.50. The second-order valence-electron chi connectivity index (χ2n) is 4.27. The van der Waals surface area contributed by atoms with Crippen LogP contribution in [0.4, 0.5) is 5.69 Å². The molecular formula is C13H15BrN2. The minimum Gasteiger partial charge on any atom is -0.371 e. The minimum absolute atomic E-state index is 0.605. The molecular weight excluding hydrogens is 264 g/mol. The van der Waals surface area contributed by atoms with E-state index in [9.17, 15) is 0 Å². The molecule has 16 heavy (non-hydrogen) atoms. The molecule has 2 nitrogen and oxygen atoms in total. The van der Waals surface area contributed by atoms with Gasteiger partial charge in [-0.3, -0.25) is 0 Å². The van der Waals surface area contributed by atoms with Crippen molar-refractivity contribution in [3.8, 4) is 6.07 Å². The van der Waals surface area contributed by atoms with Crippen molar-refractivity contribution in [3.05, 3.63) is 28.7 Å². The molecule has 0 unspecified atom stereocenters. The van der Waals surface area contributed by atoms with Crippen LogP contribution in [0, 0.1) is 17.2 Å². The van der Waals surface area contributed by atoms with Gasteiger partial charge in [-0.25, -0.2) is 0 Å². The van der Waals surface area contributed by atoms with Gasteiger partial charge in [0.25, 0.3) is 0 Å². The number of hydrogen-bond acceptors (Lipinski definition) is 2. The zero-order chi connectivity index (χ0) is 11.4. The fraction of sp³-hybridized carbons (Fsp3) is 0.462. The topological polar surface area (TPSA) is 27.0 Å². The summed E-state index contributed by atoms with van der Waals surface area (Å²) in [5.74, 6) is 0.605. The van der Waals surface area contributed by atoms with E-state index in [-0.39, 0.29) is 0 Å². The van der Waals surface area contributed by atoms with Crippen LogP contribution < -0.4 is 4.90 Å². The summed E-state index contributed by atoms with van der Waals surface area (Å²) < 4.78 is 1.13. The third-order valence-electron chi connectivity index (χ3n) is 3.17. The van der Waals surface area contributed by atoms with Crippen molar-refractivity contribution in [2.24, 2.45) is 5.92 Å². The van der Waals surface area contributed by atoms with Crippen LogP contribution in [0.1, 0.15) is 19.3 Å². The van der Waals surface area contributed by atoms with Crippen molar-refractivity contribution in [3.63, 3.8) is 0 Å². The second kappa shape index (κ2) is 5.36. The molecule has 0 spiro atoms. The normalized spacial score (nSPS) is 17.1. The molecule has 0 bridgehead atoms. The van der Waals surface area contributed by atoms with E-state index in [0.29, 0.717) is 12.3 Å². The first-order chi connectivity index (χ1) is 7.79. The largest absolute Gasteiger partial charge is 0.371 e. The maximum absolute atomic E-state index is 8.67. The third-order valence-corrected chi connectivity index (χ3v) is 3.66. The van der Waals surface area contributed by atoms with Crippen LogP contribution in [0.15, 0.2) is 28.7 Å². The Balaban J connectivity index is 1.97. The molecule has 1 heterocycles. The molecule has 84 valence electrons. The van der Waals surface area contributed by atoms with Crippen molar-refractivity contribution in [2.75, 3.05) is 18.0 Å². The Bertz CT molecular complexity index is 389. The lowest BCUT2D eigenvalue weighted by Gasteiger charge is -2.32. The van der Waals surface area contributed by atoms with Gasteiger partial charge in [0, 0.05) is 29.7 Å². The first kappa shape index (κ1) is 11.5. The van der Waals surface area contributed by atoms with Crippen molar-refractivity contribution in [1.29, 1.82) is 5.26 Å². The van der Waals surface area contributed by atoms with Gasteiger partial charge in [0.05, 0.1) is 6.07 Å². The average Bonchev–Trinajstić information content (AvgIpc) is 2.30. The van der Waals surface area contributed by atoms with E-state index >= 15 is 0 Å². The summed E-state index contributed by atoms with van der Waals surface area (Å²) in [5.41, 5.74) is 1.28. The Morgan fingerprint density at radius 1 is 1.38 bits per heavy atom. The van der Waals surface area contributed by atoms with E-state index in [0.717, 1.165) is 30.4 Å². The zero-order valence-electron chi connectivity index (χ0n) is 9.19. The Kier molecular flexibility index (Phi) is 3.84. The quantitative estimate of drug-likeness (QED) is 0.827. The number of hydrogen-bond donors (Lipinski definition) is 0. The number of nitriles is 1. The van der Waals surface area contributed by atoms with Crippen LogP contribution in [0.5, 0.6) is 0 Å². The Hall–Kier alpha value is -1.01. The summed E-state index contributed by atoms with van der Waals surface area (Å²) in [6, 6.07) is 10.7. The van der Waals surface area contributed by atoms with Crippen LogP contribution in [-0.4, -0.2) is 13.1 Å². The van der Waals surface area contributed by atoms with E-state index in [2.05, 4.69) is 45.1 Å². The van der Waals surface area contributed by atoms with Gasteiger partial charge in [0.1, 0.15) is 0 Å². The molecule has 1 fully saturated rings. The predicted octanol–water partition coefficient (Wildman–Crippen LogP) is 3.58. The predicted molar refractivity (Wildman–Crippen MR) is 69.3 cm³/mol. The highest BCUT2D eigenvalue weighted by Crippen LogP contribution is 2.26. The summed E-state index contributed by atoms with van der Waals surface area (Å²) in [6.45, 7) is 2.14. The van der Waals surface area contributed by atoms with Crippen LogP contribution in [0.25, 0.3) is 0 Å². The lowest BCUT2D eigenvalue weighted by molar-refractivity contribution is 0.413. The number of piperidine rings is 1. The lowest BCUT2D eigenvalue weighted by Crippen LogP contribution is -2.33. The second-order valence-corrected chi connectivity index (χ2v) is 5.19. The van der Waals surface area contributed by atoms with Crippen LogP contribution in [0.3, 0.4) is 0 Å². The van der Waals surface area contributed by atoms with Crippen LogP contribution >= 0.6 is 15.9 Å². The van der Waals surface area contributed by atoms with E-state index < -0.39 is 0 Å². The third kappa shape index (κ3) is 2.76. The Morgan fingerprint density at radius 3 is 2.75 bits per heavy atom. The van der Waals surface area contributed by atoms with Crippen molar-refractivity contribution in [2.45, 2.75) is 19.3 Å². The molecule has 0 aromatic heterocycles. The van der Waals surface area contributed by atoms with Crippen molar-refractivity contribution in [1.82, 2.24) is 0 Å². The van der Waals surface area contributed by atoms with Gasteiger partial charge >= 0.3 is 0 Å². The SMILES string of the molecule is N#CCC1CCN(c2cccc(Br)c2)CC1. The van der Waals surface area contributed by atoms with Crippen LogP contribution in [-0.2, 0) is 0 Å². The fourth-order valence-corrected chi connectivity index (χ4v) is 2.58. The molecule has 0 aliphatic carbocycles. The highest BCUT2D eigenvalue weighted by atomic mass is 79.9. The minimum atomic E-state index is 0.605. The molecule has 1 saturated heterocycles. The molecule has 2 rings (SSSR count). The number of nitrogens with zero attached hydrogens (tertiary/aromatic N) is 2. The number of rotatable bonds is 2. The summed E-state index contributed by atoms with van der Waals surface area (Å²) in [6.07, 6.45) is 2.99. The highest BCUT2D eigenvalue weighted by Gasteiger charge is 2.18. The maximum Gasteiger partial charge on any atom is 0.0624 e. The van der Waals surface area contributed by atoms with Gasteiger partial charge in [-0.15, -0.1) is 0 Å². The molecule has 0 N–H and O–H groups in total. The van der Waals surface area contributed by atoms with Gasteiger partial charge in [0.15, 0.2) is 0 Å². The standard InChI is InChI=1S/C13H15BrN2/c14-12-2-1-3-13(10-12)16-8-5-11(4-7-15)6-9-16/h1-3,10-11H,4-6,8-9H2. The maximum atomic E-state index is 8.67. The smallest absolute Gasteiger partial charge is 0.0624 e. The molecule has 0 radical (unpaired) electrons. The molecule has 1 aromatic carbocycles. The van der Waals surface area contributed by atoms with Gasteiger partial charge in [0.2, 0.25) is 0 Å². The zero-order valence-corrected chi connectivity index (χ0v) is 10.8. The number of benzene rings is 1. The summed E-state index contributed by atoms with van der Waals surface area (Å²) in [5, 5.41) is 8.67. The van der Waals surface area contributed by atoms with Gasteiger partial charge < -0.3 is 4.90 Å². The summed E-state index contributed by atoms with van der Waals surface area (Å²) in [7, 11) is 0. The van der Waals surface area contributed by atoms with Gasteiger partial charge in [-0.1, -0.05) is 22.0 Å². The molecule has 3 heteroatoms. The number of anilines is 1. The molecule has 1 aliphatic rings. The van der Waals surface area contributed by atoms with Gasteiger partial charge in [-0.05, 0) is 37.0 Å². The van der Waals surface area contributed by atoms with E-state index in [4.69, 9.17) is 5.26 Å². The first-order valence-electron chi connectivity index (χ1n) is 5.67. The average molecular weight is 279 g/mol. The number of halogens is 1. The molecule has 0 atom stereocenters. The lowest BCUT2D eigenvalue weighted by atomic mass is 9.94. The van der Waals surface area contributed by atoms with Crippen molar-refractivity contribution < 1.29 is 0 Å².